The van der Waals surface area contributed by atoms with Crippen LogP contribution in [-0.4, -0.2) is 96.3 Å². The summed E-state index contributed by atoms with van der Waals surface area (Å²) in [5, 5.41) is 2.39. The van der Waals surface area contributed by atoms with Crippen molar-refractivity contribution in [2.45, 2.75) is 48.6 Å². The summed E-state index contributed by atoms with van der Waals surface area (Å²) in [6.45, 7) is 6.26. The Morgan fingerprint density at radius 3 is 0.873 bits per heavy atom. The zero-order valence-corrected chi connectivity index (χ0v) is 41.7. The van der Waals surface area contributed by atoms with Gasteiger partial charge in [0, 0.05) is 64.1 Å². The second-order valence-electron chi connectivity index (χ2n) is 16.5. The molecule has 0 N–H and O–H groups in total. The number of hydrogen-bond acceptors (Lipinski definition) is 9. The number of fused-ring (bicyclic) bond motifs is 6. The number of anilines is 6. The topological polar surface area (TPSA) is 19.4 Å². The largest absolute Gasteiger partial charge is 0.340 e. The van der Waals surface area contributed by atoms with Crippen molar-refractivity contribution < 1.29 is 0 Å². The zero-order valence-electron chi connectivity index (χ0n) is 37.0. The summed E-state index contributed by atoms with van der Waals surface area (Å²) in [4.78, 5) is 21.7. The first-order valence-corrected chi connectivity index (χ1v) is 25.0. The van der Waals surface area contributed by atoms with E-state index in [2.05, 4.69) is 181 Å². The molecule has 3 aliphatic rings. The maximum atomic E-state index is 6.21. The molecule has 0 amide bonds. The van der Waals surface area contributed by atoms with Crippen molar-refractivity contribution in [3.05, 3.63) is 142 Å². The molecule has 0 spiro atoms. The van der Waals surface area contributed by atoms with Crippen molar-refractivity contribution in [1.29, 1.82) is 0 Å². The number of nitrogens with zero attached hydrogens (tertiary/aromatic N) is 6. The highest BCUT2D eigenvalue weighted by molar-refractivity contribution is 8.00. The third-order valence-electron chi connectivity index (χ3n) is 10.7. The molecule has 9 rings (SSSR count). The highest BCUT2D eigenvalue weighted by atomic mass is 35.5. The molecule has 6 nitrogen and oxygen atoms in total. The lowest BCUT2D eigenvalue weighted by atomic mass is 10.2. The lowest BCUT2D eigenvalue weighted by Gasteiger charge is -2.33. The maximum absolute atomic E-state index is 6.21. The monoisotopic (exact) mass is 954 g/mol. The molecule has 6 aromatic rings. The fraction of sp³-hybridized carbons (Fsp3) is 0.294. The van der Waals surface area contributed by atoms with Crippen LogP contribution in [0.2, 0.25) is 15.1 Å². The van der Waals surface area contributed by atoms with E-state index in [9.17, 15) is 0 Å². The second kappa shape index (κ2) is 22.6. The minimum absolute atomic E-state index is 0.798. The van der Waals surface area contributed by atoms with E-state index in [-0.39, 0.29) is 0 Å². The third-order valence-corrected chi connectivity index (χ3v) is 14.8. The van der Waals surface area contributed by atoms with Gasteiger partial charge in [-0.05, 0) is 172 Å². The molecule has 0 aliphatic carbocycles. The molecule has 12 heteroatoms. The van der Waals surface area contributed by atoms with Gasteiger partial charge in [0.15, 0.2) is 0 Å². The Balaban J connectivity index is 0.000000142. The highest BCUT2D eigenvalue weighted by Crippen LogP contribution is 2.51. The van der Waals surface area contributed by atoms with E-state index in [1.54, 1.807) is 0 Å². The van der Waals surface area contributed by atoms with Crippen LogP contribution < -0.4 is 14.7 Å². The van der Waals surface area contributed by atoms with Gasteiger partial charge in [-0.15, -0.1) is 0 Å². The molecule has 0 aromatic heterocycles. The number of benzene rings is 6. The second-order valence-corrected chi connectivity index (χ2v) is 21.0. The number of rotatable bonds is 12. The Labute approximate surface area is 403 Å². The fourth-order valence-electron chi connectivity index (χ4n) is 7.77. The molecule has 63 heavy (non-hydrogen) atoms. The minimum atomic E-state index is 0.798. The molecular formula is C51H57Cl3N6S3. The maximum Gasteiger partial charge on any atom is 0.0567 e. The van der Waals surface area contributed by atoms with Gasteiger partial charge in [-0.2, -0.15) is 0 Å². The molecule has 0 fully saturated rings. The van der Waals surface area contributed by atoms with Crippen LogP contribution in [0.1, 0.15) is 19.3 Å². The third kappa shape index (κ3) is 12.5. The summed E-state index contributed by atoms with van der Waals surface area (Å²) in [5.41, 5.74) is 7.54. The SMILES string of the molecule is CN(C)CCCN1c2ccccc2Sc2ccc(Cl)cc21.CN(C)CCCN1c2ccccc2Sc2ccc(Cl)cc21.CN(C)CCCN1c2ccccc2Sc2ccc(Cl)cc21. The predicted molar refractivity (Wildman–Crippen MR) is 277 cm³/mol. The lowest BCUT2D eigenvalue weighted by molar-refractivity contribution is 0.402. The van der Waals surface area contributed by atoms with E-state index in [4.69, 9.17) is 34.8 Å². The molecule has 0 radical (unpaired) electrons. The van der Waals surface area contributed by atoms with E-state index in [0.29, 0.717) is 0 Å². The molecule has 0 atom stereocenters. The Morgan fingerprint density at radius 1 is 0.349 bits per heavy atom. The van der Waals surface area contributed by atoms with Crippen LogP contribution in [0.15, 0.2) is 157 Å². The average Bonchev–Trinajstić information content (AvgIpc) is 3.26. The van der Waals surface area contributed by atoms with Crippen LogP contribution in [-0.2, 0) is 0 Å². The number of hydrogen-bond donors (Lipinski definition) is 0. The van der Waals surface area contributed by atoms with E-state index < -0.39 is 0 Å². The van der Waals surface area contributed by atoms with Gasteiger partial charge < -0.3 is 29.4 Å². The van der Waals surface area contributed by atoms with E-state index in [1.807, 2.05) is 53.5 Å². The summed E-state index contributed by atoms with van der Waals surface area (Å²) in [6.07, 6.45) is 3.37. The molecule has 330 valence electrons. The first-order chi connectivity index (χ1) is 30.4. The van der Waals surface area contributed by atoms with Crippen molar-refractivity contribution in [3.63, 3.8) is 0 Å². The van der Waals surface area contributed by atoms with Crippen LogP contribution >= 0.6 is 70.1 Å². The van der Waals surface area contributed by atoms with Crippen molar-refractivity contribution >= 4 is 104 Å². The molecule has 0 bridgehead atoms. The van der Waals surface area contributed by atoms with E-state index >= 15 is 0 Å². The normalized spacial score (nSPS) is 13.2. The molecular weight excluding hydrogens is 899 g/mol. The van der Waals surface area contributed by atoms with Crippen LogP contribution in [0.5, 0.6) is 0 Å². The van der Waals surface area contributed by atoms with Crippen molar-refractivity contribution in [3.8, 4) is 0 Å². The Hall–Kier alpha value is -3.48. The van der Waals surface area contributed by atoms with Gasteiger partial charge in [-0.3, -0.25) is 0 Å². The Morgan fingerprint density at radius 2 is 0.603 bits per heavy atom. The van der Waals surface area contributed by atoms with Gasteiger partial charge in [-0.1, -0.05) is 106 Å². The van der Waals surface area contributed by atoms with E-state index in [1.165, 1.54) is 63.5 Å². The first-order valence-electron chi connectivity index (χ1n) is 21.4. The van der Waals surface area contributed by atoms with Gasteiger partial charge in [0.25, 0.3) is 0 Å². The predicted octanol–water partition coefficient (Wildman–Crippen LogP) is 14.7. The summed E-state index contributed by atoms with van der Waals surface area (Å²) in [5.74, 6) is 0. The van der Waals surface area contributed by atoms with Crippen LogP contribution in [0.3, 0.4) is 0 Å². The van der Waals surface area contributed by atoms with Gasteiger partial charge in [0.2, 0.25) is 0 Å². The van der Waals surface area contributed by atoms with Crippen LogP contribution in [0.25, 0.3) is 0 Å². The van der Waals surface area contributed by atoms with Crippen molar-refractivity contribution in [2.75, 3.05) is 96.3 Å². The molecule has 6 aromatic carbocycles. The zero-order chi connectivity index (χ0) is 44.5. The Kier molecular flexibility index (Phi) is 17.0. The quantitative estimate of drug-likeness (QED) is 0.118. The number of halogens is 3. The average molecular weight is 957 g/mol. The summed E-state index contributed by atoms with van der Waals surface area (Å²) < 4.78 is 0. The first kappa shape index (κ1) is 47.5. The number of para-hydroxylation sites is 3. The van der Waals surface area contributed by atoms with Crippen LogP contribution in [0, 0.1) is 0 Å². The van der Waals surface area contributed by atoms with Crippen molar-refractivity contribution in [1.82, 2.24) is 14.7 Å². The molecule has 0 saturated heterocycles. The fourth-order valence-corrected chi connectivity index (χ4v) is 11.5. The smallest absolute Gasteiger partial charge is 0.0567 e. The van der Waals surface area contributed by atoms with Gasteiger partial charge in [0.1, 0.15) is 0 Å². The Bertz CT molecular complexity index is 2200. The molecule has 0 saturated carbocycles. The summed E-state index contributed by atoms with van der Waals surface area (Å²) in [6, 6.07) is 44.3. The highest BCUT2D eigenvalue weighted by Gasteiger charge is 2.26. The summed E-state index contributed by atoms with van der Waals surface area (Å²) >= 11 is 24.1. The minimum Gasteiger partial charge on any atom is -0.340 e. The summed E-state index contributed by atoms with van der Waals surface area (Å²) in [7, 11) is 12.7. The molecule has 3 heterocycles. The standard InChI is InChI=1S/3C17H19ClN2S/c3*1-19(2)10-5-11-20-14-6-3-4-7-16(14)21-17-9-8-13(18)12-15(17)20/h3*3-4,6-9,12H,5,10-11H2,1-2H3. The lowest BCUT2D eigenvalue weighted by Crippen LogP contribution is -2.25. The van der Waals surface area contributed by atoms with Crippen molar-refractivity contribution in [2.24, 2.45) is 0 Å². The van der Waals surface area contributed by atoms with E-state index in [0.717, 1.165) is 73.6 Å². The van der Waals surface area contributed by atoms with Crippen LogP contribution in [0.4, 0.5) is 34.1 Å². The van der Waals surface area contributed by atoms with Gasteiger partial charge in [-0.25, -0.2) is 0 Å². The van der Waals surface area contributed by atoms with Gasteiger partial charge >= 0.3 is 0 Å². The molecule has 0 unspecified atom stereocenters. The van der Waals surface area contributed by atoms with Gasteiger partial charge in [0.05, 0.1) is 34.1 Å². The molecule has 3 aliphatic heterocycles.